The van der Waals surface area contributed by atoms with E-state index in [1.54, 1.807) is 0 Å². The van der Waals surface area contributed by atoms with E-state index in [1.807, 2.05) is 0 Å². The van der Waals surface area contributed by atoms with E-state index in [4.69, 9.17) is 51.9 Å². The van der Waals surface area contributed by atoms with Crippen LogP contribution in [0.5, 0.6) is 0 Å². The molecule has 2 aliphatic rings. The molecule has 2 aliphatic heterocycles. The van der Waals surface area contributed by atoms with E-state index in [9.17, 15) is 0 Å². The van der Waals surface area contributed by atoms with Gasteiger partial charge >= 0.3 is 212 Å². The van der Waals surface area contributed by atoms with Gasteiger partial charge in [0.2, 0.25) is 0 Å². The summed E-state index contributed by atoms with van der Waals surface area (Å²) >= 11 is -4.20. The van der Waals surface area contributed by atoms with Gasteiger partial charge in [-0.1, -0.05) is 0 Å². The van der Waals surface area contributed by atoms with Crippen molar-refractivity contribution < 1.29 is 112 Å². The van der Waals surface area contributed by atoms with Crippen LogP contribution in [-0.4, -0.2) is 50.8 Å². The summed E-state index contributed by atoms with van der Waals surface area (Å²) in [6, 6.07) is 0. The Morgan fingerprint density at radius 3 is 1.00 bits per heavy atom. The topological polar surface area (TPSA) is 36.9 Å². The molecule has 0 saturated carbocycles. The van der Waals surface area contributed by atoms with Crippen molar-refractivity contribution in [2.45, 2.75) is 40.1 Å². The van der Waals surface area contributed by atoms with Crippen LogP contribution in [0.15, 0.2) is 0 Å². The molecular weight excluding hydrogens is 1150 g/mol. The predicted octanol–water partition coefficient (Wildman–Crippen LogP) is 4.16. The first-order chi connectivity index (χ1) is 11.7. The minimum absolute atomic E-state index is 0.305. The molecule has 0 spiro atoms. The Bertz CT molecular complexity index is 252. The van der Waals surface area contributed by atoms with Crippen LogP contribution in [0.3, 0.4) is 0 Å². The molecule has 0 aromatic rings. The second-order valence-corrected chi connectivity index (χ2v) is 33.9. The van der Waals surface area contributed by atoms with Crippen molar-refractivity contribution in [1.29, 1.82) is 0 Å². The molecule has 0 aromatic heterocycles. The summed E-state index contributed by atoms with van der Waals surface area (Å²) in [6.45, 7) is 3.01. The molecule has 2 fully saturated rings. The minimum atomic E-state index is -1.05. The van der Waals surface area contributed by atoms with Crippen molar-refractivity contribution in [3.63, 3.8) is 0 Å². The molecule has 2 rings (SSSR count). The van der Waals surface area contributed by atoms with Crippen LogP contribution in [0.1, 0.15) is 0 Å². The molecule has 12 heteroatoms. The Kier molecular flexibility index (Phi) is 20.6. The molecule has 4 atom stereocenters. The quantitative estimate of drug-likeness (QED) is 0.343. The van der Waals surface area contributed by atoms with Gasteiger partial charge in [-0.2, -0.15) is 0 Å². The van der Waals surface area contributed by atoms with E-state index in [0.717, 1.165) is 42.1 Å². The SMILES string of the molecule is [Cl][Hg][CH2]C1COCC([CH2][Hg][Cl])O1.[Cl][Hg][CH2]C1COCC([CH2][Hg][Cl])O1. The van der Waals surface area contributed by atoms with Gasteiger partial charge in [0.25, 0.3) is 0 Å². The molecule has 128 valence electrons. The summed E-state index contributed by atoms with van der Waals surface area (Å²) in [5.41, 5.74) is 0. The summed E-state index contributed by atoms with van der Waals surface area (Å²) < 4.78 is 26.9. The third kappa shape index (κ3) is 13.1. The van der Waals surface area contributed by atoms with E-state index < -0.39 is 93.4 Å². The number of halogens is 4. The maximum absolute atomic E-state index is 5.83. The summed E-state index contributed by atoms with van der Waals surface area (Å²) in [4.78, 5) is 0. The van der Waals surface area contributed by atoms with E-state index in [0.29, 0.717) is 24.4 Å². The zero-order chi connectivity index (χ0) is 17.6. The molecule has 0 N–H and O–H groups in total. The van der Waals surface area contributed by atoms with Gasteiger partial charge in [0.05, 0.1) is 0 Å². The molecule has 0 aromatic carbocycles. The fraction of sp³-hybridized carbons (Fsp3) is 1.00. The van der Waals surface area contributed by atoms with Crippen LogP contribution >= 0.6 is 33.0 Å². The number of hydrogen-bond donors (Lipinski definition) is 0. The third-order valence-electron chi connectivity index (χ3n) is 3.71. The van der Waals surface area contributed by atoms with Gasteiger partial charge in [-0.25, -0.2) is 0 Å². The van der Waals surface area contributed by atoms with Crippen LogP contribution in [0.4, 0.5) is 0 Å². The fourth-order valence-corrected chi connectivity index (χ4v) is 19.5. The van der Waals surface area contributed by atoms with Gasteiger partial charge in [-0.15, -0.1) is 0 Å². The predicted molar refractivity (Wildman–Crippen MR) is 81.6 cm³/mol. The Balaban J connectivity index is 0.000000240. The maximum atomic E-state index is 5.83. The van der Waals surface area contributed by atoms with E-state index in [-0.39, 0.29) is 0 Å². The average Bonchev–Trinajstić information content (AvgIpc) is 2.58. The zero-order valence-electron chi connectivity index (χ0n) is 13.9. The molecule has 4 unspecified atom stereocenters. The molecule has 24 heavy (non-hydrogen) atoms. The van der Waals surface area contributed by atoms with Crippen LogP contribution in [0, 0.1) is 0 Å². The Morgan fingerprint density at radius 2 is 0.792 bits per heavy atom. The second kappa shape index (κ2) is 18.5. The number of hydrogen-bond acceptors (Lipinski definition) is 4. The van der Waals surface area contributed by atoms with Gasteiger partial charge < -0.3 is 0 Å². The van der Waals surface area contributed by atoms with Crippen molar-refractivity contribution in [2.75, 3.05) is 26.4 Å². The van der Waals surface area contributed by atoms with Crippen LogP contribution < -0.4 is 0 Å². The third-order valence-corrected chi connectivity index (χ3v) is 24.8. The second-order valence-electron chi connectivity index (χ2n) is 5.75. The van der Waals surface area contributed by atoms with Crippen LogP contribution in [-0.2, 0) is 112 Å². The zero-order valence-corrected chi connectivity index (χ0v) is 39.0. The van der Waals surface area contributed by atoms with Gasteiger partial charge in [-0.05, 0) is 0 Å². The molecular formula is C12H20Cl4Hg4O4. The van der Waals surface area contributed by atoms with Gasteiger partial charge in [-0.3, -0.25) is 0 Å². The van der Waals surface area contributed by atoms with Gasteiger partial charge in [0, 0.05) is 0 Å². The number of ether oxygens (including phenoxy) is 4. The van der Waals surface area contributed by atoms with Crippen molar-refractivity contribution >= 4 is 33.0 Å². The van der Waals surface area contributed by atoms with Crippen LogP contribution in [0.25, 0.3) is 0 Å². The summed E-state index contributed by atoms with van der Waals surface area (Å²) in [6.07, 6.45) is 1.22. The Hall–Kier alpha value is 4.74. The summed E-state index contributed by atoms with van der Waals surface area (Å²) in [7, 11) is 23.3. The van der Waals surface area contributed by atoms with Crippen molar-refractivity contribution in [3.05, 3.63) is 0 Å². The molecule has 2 saturated heterocycles. The molecule has 0 amide bonds. The van der Waals surface area contributed by atoms with Gasteiger partial charge in [0.15, 0.2) is 0 Å². The Labute approximate surface area is 207 Å². The van der Waals surface area contributed by atoms with Crippen molar-refractivity contribution in [3.8, 4) is 0 Å². The molecule has 4 nitrogen and oxygen atoms in total. The first-order valence-corrected chi connectivity index (χ1v) is 51.1. The fourth-order valence-electron chi connectivity index (χ4n) is 2.46. The van der Waals surface area contributed by atoms with Crippen LogP contribution in [0.2, 0.25) is 15.7 Å². The molecule has 0 bridgehead atoms. The van der Waals surface area contributed by atoms with Crippen molar-refractivity contribution in [2.24, 2.45) is 0 Å². The first-order valence-electron chi connectivity index (χ1n) is 8.43. The summed E-state index contributed by atoms with van der Waals surface area (Å²) in [5.74, 6) is 0. The van der Waals surface area contributed by atoms with Gasteiger partial charge in [0.1, 0.15) is 0 Å². The normalized spacial score (nSPS) is 29.2. The Morgan fingerprint density at radius 1 is 0.542 bits per heavy atom. The first kappa shape index (κ1) is 26.8. The monoisotopic (exact) mass is 1180 g/mol. The number of rotatable bonds is 8. The van der Waals surface area contributed by atoms with Crippen molar-refractivity contribution in [1.82, 2.24) is 0 Å². The standard InChI is InChI=1S/2C6H10O2.4ClH.4Hg/c2*1-5-3-7-4-6(2)8-5;;;;;;;;/h2*5-6H,1-4H2;4*1H;;;;/q;;;;;;4*+1/p-4. The van der Waals surface area contributed by atoms with E-state index >= 15 is 0 Å². The molecule has 0 aliphatic carbocycles. The molecule has 0 radical (unpaired) electrons. The van der Waals surface area contributed by atoms with E-state index in [1.165, 1.54) is 0 Å². The molecule has 2 heterocycles. The average molecular weight is 1170 g/mol. The van der Waals surface area contributed by atoms with E-state index in [2.05, 4.69) is 0 Å². The summed E-state index contributed by atoms with van der Waals surface area (Å²) in [5, 5.41) is 0.